The van der Waals surface area contributed by atoms with E-state index in [0.717, 1.165) is 22.4 Å². The van der Waals surface area contributed by atoms with Crippen LogP contribution in [0.25, 0.3) is 11.1 Å². The van der Waals surface area contributed by atoms with Gasteiger partial charge < -0.3 is 4.74 Å². The summed E-state index contributed by atoms with van der Waals surface area (Å²) in [6.07, 6.45) is 2.31. The van der Waals surface area contributed by atoms with Crippen molar-refractivity contribution in [3.8, 4) is 5.75 Å². The lowest BCUT2D eigenvalue weighted by Crippen LogP contribution is -1.99. The summed E-state index contributed by atoms with van der Waals surface area (Å²) in [4.78, 5) is 12.7. The molecule has 0 N–H and O–H groups in total. The van der Waals surface area contributed by atoms with Crippen LogP contribution in [0.3, 0.4) is 0 Å². The smallest absolute Gasteiger partial charge is 0.175 e. The number of rotatable bonds is 5. The molecule has 4 nitrogen and oxygen atoms in total. The Morgan fingerprint density at radius 2 is 1.72 bits per heavy atom. The number of carbonyl (C=O) groups excluding carboxylic acids is 1. The molecule has 5 heteroatoms. The number of sulfone groups is 1. The van der Waals surface area contributed by atoms with E-state index in [1.165, 1.54) is 6.26 Å². The summed E-state index contributed by atoms with van der Waals surface area (Å²) < 4.78 is 28.8. The molecule has 1 aliphatic rings. The van der Waals surface area contributed by atoms with Gasteiger partial charge in [0.05, 0.1) is 11.5 Å². The van der Waals surface area contributed by atoms with Gasteiger partial charge in [-0.3, -0.25) is 4.79 Å². The van der Waals surface area contributed by atoms with Gasteiger partial charge in [0.25, 0.3) is 0 Å². The highest BCUT2D eigenvalue weighted by Gasteiger charge is 2.25. The topological polar surface area (TPSA) is 60.4 Å². The molecule has 0 aliphatic heterocycles. The Morgan fingerprint density at radius 3 is 2.36 bits per heavy atom. The van der Waals surface area contributed by atoms with Crippen LogP contribution in [0.4, 0.5) is 0 Å². The fourth-order valence-electron chi connectivity index (χ4n) is 3.09. The first-order valence-corrected chi connectivity index (χ1v) is 10.1. The van der Waals surface area contributed by atoms with Crippen molar-refractivity contribution in [1.82, 2.24) is 0 Å². The zero-order chi connectivity index (χ0) is 18.0. The van der Waals surface area contributed by atoms with E-state index in [1.54, 1.807) is 24.3 Å². The number of allylic oxidation sites excluding steroid dienone is 2. The summed E-state index contributed by atoms with van der Waals surface area (Å²) in [6.45, 7) is 2.48. The molecule has 0 amide bonds. The maximum absolute atomic E-state index is 12.5. The molecule has 130 valence electrons. The van der Waals surface area contributed by atoms with Crippen LogP contribution in [0.2, 0.25) is 0 Å². The molecule has 2 aromatic carbocycles. The summed E-state index contributed by atoms with van der Waals surface area (Å²) in [5, 5.41) is 0. The highest BCUT2D eigenvalue weighted by Crippen LogP contribution is 2.38. The monoisotopic (exact) mass is 356 g/mol. The number of carbonyl (C=O) groups is 1. The number of ether oxygens (including phenoxy) is 1. The van der Waals surface area contributed by atoms with Crippen LogP contribution in [0.15, 0.2) is 53.4 Å². The quantitative estimate of drug-likeness (QED) is 0.818. The van der Waals surface area contributed by atoms with Crippen molar-refractivity contribution >= 4 is 26.8 Å². The van der Waals surface area contributed by atoms with Crippen LogP contribution in [0, 0.1) is 0 Å². The molecule has 1 aliphatic carbocycles. The molecule has 2 aromatic rings. The third-order valence-corrected chi connectivity index (χ3v) is 5.38. The Bertz CT molecular complexity index is 938. The lowest BCUT2D eigenvalue weighted by molar-refractivity contribution is -0.113. The van der Waals surface area contributed by atoms with E-state index in [0.29, 0.717) is 25.0 Å². The normalized spacial score (nSPS) is 14.9. The van der Waals surface area contributed by atoms with Crippen molar-refractivity contribution in [2.24, 2.45) is 0 Å². The Balaban J connectivity index is 2.06. The van der Waals surface area contributed by atoms with E-state index in [-0.39, 0.29) is 10.7 Å². The summed E-state index contributed by atoms with van der Waals surface area (Å²) in [5.74, 6) is 0.842. The highest BCUT2D eigenvalue weighted by molar-refractivity contribution is 7.90. The van der Waals surface area contributed by atoms with E-state index < -0.39 is 9.84 Å². The summed E-state index contributed by atoms with van der Waals surface area (Å²) in [6, 6.07) is 14.3. The van der Waals surface area contributed by atoms with Gasteiger partial charge in [-0.25, -0.2) is 8.42 Å². The van der Waals surface area contributed by atoms with E-state index in [1.807, 2.05) is 31.2 Å². The van der Waals surface area contributed by atoms with Crippen LogP contribution >= 0.6 is 0 Å². The Labute approximate surface area is 148 Å². The molecular weight excluding hydrogens is 336 g/mol. The van der Waals surface area contributed by atoms with E-state index >= 15 is 0 Å². The number of benzene rings is 2. The van der Waals surface area contributed by atoms with Crippen LogP contribution in [-0.4, -0.2) is 27.1 Å². The van der Waals surface area contributed by atoms with E-state index in [9.17, 15) is 13.2 Å². The van der Waals surface area contributed by atoms with Crippen LogP contribution < -0.4 is 4.74 Å². The van der Waals surface area contributed by atoms with Crippen molar-refractivity contribution in [1.29, 1.82) is 0 Å². The number of ketones is 1. The third kappa shape index (κ3) is 3.66. The van der Waals surface area contributed by atoms with Gasteiger partial charge in [0.1, 0.15) is 5.75 Å². The van der Waals surface area contributed by atoms with Crippen LogP contribution in [0.5, 0.6) is 5.75 Å². The number of Topliss-reactive ketones (excluding diaryl/α,β-unsaturated/α-hetero) is 1. The zero-order valence-corrected chi connectivity index (χ0v) is 15.1. The number of hydrogen-bond acceptors (Lipinski definition) is 4. The van der Waals surface area contributed by atoms with Gasteiger partial charge >= 0.3 is 0 Å². The Hall–Kier alpha value is -2.40. The number of hydrogen-bond donors (Lipinski definition) is 0. The highest BCUT2D eigenvalue weighted by atomic mass is 32.2. The van der Waals surface area contributed by atoms with Crippen molar-refractivity contribution in [3.05, 3.63) is 59.7 Å². The lowest BCUT2D eigenvalue weighted by atomic mass is 9.96. The maximum Gasteiger partial charge on any atom is 0.175 e. The van der Waals surface area contributed by atoms with Gasteiger partial charge in [0.2, 0.25) is 0 Å². The van der Waals surface area contributed by atoms with Gasteiger partial charge in [-0.1, -0.05) is 24.3 Å². The van der Waals surface area contributed by atoms with Crippen molar-refractivity contribution < 1.29 is 17.9 Å². The minimum absolute atomic E-state index is 0.107. The van der Waals surface area contributed by atoms with E-state index in [2.05, 4.69) is 0 Å². The van der Waals surface area contributed by atoms with Gasteiger partial charge in [-0.15, -0.1) is 0 Å². The molecule has 0 fully saturated rings. The molecule has 0 spiro atoms. The molecule has 0 radical (unpaired) electrons. The minimum Gasteiger partial charge on any atom is -0.494 e. The van der Waals surface area contributed by atoms with Crippen molar-refractivity contribution in [3.63, 3.8) is 0 Å². The average molecular weight is 356 g/mol. The standard InChI is InChI=1S/C20H20O4S/c1-3-24-16-6-4-5-15(13-16)20-18(11-12-19(20)21)14-7-9-17(10-8-14)25(2,22)23/h4-10,13H,3,11-12H2,1-2H3. The van der Waals surface area contributed by atoms with Gasteiger partial charge in [0, 0.05) is 18.2 Å². The van der Waals surface area contributed by atoms with E-state index in [4.69, 9.17) is 4.74 Å². The largest absolute Gasteiger partial charge is 0.494 e. The Kier molecular flexibility index (Phi) is 4.77. The zero-order valence-electron chi connectivity index (χ0n) is 14.3. The first kappa shape index (κ1) is 17.4. The predicted octanol–water partition coefficient (Wildman–Crippen LogP) is 3.76. The van der Waals surface area contributed by atoms with Gasteiger partial charge in [-0.05, 0) is 54.3 Å². The minimum atomic E-state index is -3.23. The second kappa shape index (κ2) is 6.84. The second-order valence-electron chi connectivity index (χ2n) is 6.03. The average Bonchev–Trinajstić information content (AvgIpc) is 2.96. The summed E-state index contributed by atoms with van der Waals surface area (Å²) in [5.41, 5.74) is 3.39. The van der Waals surface area contributed by atoms with Crippen LogP contribution in [-0.2, 0) is 14.6 Å². The van der Waals surface area contributed by atoms with Crippen molar-refractivity contribution in [2.75, 3.05) is 12.9 Å². The first-order chi connectivity index (χ1) is 11.9. The molecule has 25 heavy (non-hydrogen) atoms. The molecule has 0 bridgehead atoms. The Morgan fingerprint density at radius 1 is 1.00 bits per heavy atom. The van der Waals surface area contributed by atoms with Crippen LogP contribution in [0.1, 0.15) is 30.9 Å². The fourth-order valence-corrected chi connectivity index (χ4v) is 3.72. The van der Waals surface area contributed by atoms with Crippen molar-refractivity contribution in [2.45, 2.75) is 24.7 Å². The van der Waals surface area contributed by atoms with Gasteiger partial charge in [0.15, 0.2) is 15.6 Å². The molecule has 0 atom stereocenters. The molecular formula is C20H20O4S. The molecule has 0 unspecified atom stereocenters. The predicted molar refractivity (Wildman–Crippen MR) is 98.2 cm³/mol. The molecule has 0 heterocycles. The summed E-state index contributed by atoms with van der Waals surface area (Å²) >= 11 is 0. The van der Waals surface area contributed by atoms with Gasteiger partial charge in [-0.2, -0.15) is 0 Å². The molecule has 0 aromatic heterocycles. The molecule has 0 saturated carbocycles. The first-order valence-electron chi connectivity index (χ1n) is 8.20. The maximum atomic E-state index is 12.5. The molecule has 3 rings (SSSR count). The summed E-state index contributed by atoms with van der Waals surface area (Å²) in [7, 11) is -3.23. The lowest BCUT2D eigenvalue weighted by Gasteiger charge is -2.10. The second-order valence-corrected chi connectivity index (χ2v) is 8.05. The fraction of sp³-hybridized carbons (Fsp3) is 0.250. The SMILES string of the molecule is CCOc1cccc(C2=C(c3ccc(S(C)(=O)=O)cc3)CCC2=O)c1. The third-order valence-electron chi connectivity index (χ3n) is 4.25. The molecule has 0 saturated heterocycles.